The normalized spacial score (nSPS) is 15.1. The van der Waals surface area contributed by atoms with E-state index in [9.17, 15) is 22.8 Å². The zero-order valence-corrected chi connectivity index (χ0v) is 24.1. The number of likely N-dealkylation sites (N-methyl/N-ethyl adjacent to an activating group) is 1. The van der Waals surface area contributed by atoms with Crippen LogP contribution in [0.5, 0.6) is 0 Å². The topological polar surface area (TPSA) is 90.6 Å². The number of nitrogens with zero attached hydrogens (tertiary/aromatic N) is 3. The number of anilines is 2. The average Bonchev–Trinajstić information content (AvgIpc) is 3.35. The van der Waals surface area contributed by atoms with Gasteiger partial charge in [-0.05, 0) is 54.9 Å². The minimum absolute atomic E-state index is 0.261. The molecule has 2 aromatic heterocycles. The first kappa shape index (κ1) is 29.7. The molecule has 0 radical (unpaired) electrons. The van der Waals surface area contributed by atoms with Crippen LogP contribution in [0.15, 0.2) is 54.7 Å². The fraction of sp³-hybridized carbons (Fsp3) is 0.276. The van der Waals surface area contributed by atoms with Crippen molar-refractivity contribution in [2.45, 2.75) is 18.7 Å². The first-order chi connectivity index (χ1) is 19.9. The van der Waals surface area contributed by atoms with Gasteiger partial charge in [0.1, 0.15) is 5.65 Å². The average molecular weight is 620 g/mol. The maximum atomic E-state index is 12.6. The number of rotatable bonds is 6. The van der Waals surface area contributed by atoms with Gasteiger partial charge in [-0.2, -0.15) is 13.2 Å². The van der Waals surface area contributed by atoms with E-state index >= 15 is 0 Å². The second-order valence-corrected chi connectivity index (χ2v) is 10.8. The Bertz CT molecular complexity index is 1630. The number of pyridine rings is 1. The molecule has 42 heavy (non-hydrogen) atoms. The van der Waals surface area contributed by atoms with E-state index in [-0.39, 0.29) is 5.69 Å². The van der Waals surface area contributed by atoms with Crippen LogP contribution in [0.2, 0.25) is 5.02 Å². The van der Waals surface area contributed by atoms with Gasteiger partial charge in [0.15, 0.2) is 0 Å². The van der Waals surface area contributed by atoms with Crippen molar-refractivity contribution in [2.75, 3.05) is 43.4 Å². The van der Waals surface area contributed by atoms with Crippen molar-refractivity contribution in [1.82, 2.24) is 14.9 Å². The number of amides is 1. The highest BCUT2D eigenvalue weighted by Crippen LogP contribution is 2.42. The summed E-state index contributed by atoms with van der Waals surface area (Å²) in [6.45, 7) is 5.54. The molecule has 1 saturated heterocycles. The third-order valence-electron chi connectivity index (χ3n) is 7.10. The molecule has 1 fully saturated rings. The number of alkyl halides is 4. The SMILES string of the molecule is Cc1ccc(-c2c(-c3ccc(N4CCN(C)CC4)cc3)[nH]c3nccc(Cl)c23)cc1NC(=O)C(Cl)OC(=O)C(F)(F)F. The molecule has 4 aromatic rings. The minimum Gasteiger partial charge on any atom is -0.429 e. The fourth-order valence-electron chi connectivity index (χ4n) is 4.80. The number of carbonyl (C=O) groups is 2. The smallest absolute Gasteiger partial charge is 0.429 e. The van der Waals surface area contributed by atoms with Crippen molar-refractivity contribution < 1.29 is 27.5 Å². The summed E-state index contributed by atoms with van der Waals surface area (Å²) in [5, 5.41) is 3.57. The molecule has 3 heterocycles. The molecule has 8 nitrogen and oxygen atoms in total. The van der Waals surface area contributed by atoms with Gasteiger partial charge in [-0.3, -0.25) is 4.79 Å². The van der Waals surface area contributed by atoms with Gasteiger partial charge in [-0.25, -0.2) is 9.78 Å². The van der Waals surface area contributed by atoms with Crippen LogP contribution in [0.25, 0.3) is 33.4 Å². The molecule has 1 aliphatic rings. The first-order valence-electron chi connectivity index (χ1n) is 13.0. The van der Waals surface area contributed by atoms with Gasteiger partial charge in [0.2, 0.25) is 0 Å². The van der Waals surface area contributed by atoms with Crippen LogP contribution in [-0.2, 0) is 14.3 Å². The second-order valence-electron chi connectivity index (χ2n) is 9.97. The fourth-order valence-corrected chi connectivity index (χ4v) is 5.18. The van der Waals surface area contributed by atoms with E-state index in [2.05, 4.69) is 49.0 Å². The number of benzene rings is 2. The maximum absolute atomic E-state index is 12.6. The number of nitrogens with one attached hydrogen (secondary N) is 2. The summed E-state index contributed by atoms with van der Waals surface area (Å²) in [4.78, 5) is 36.1. The van der Waals surface area contributed by atoms with Crippen LogP contribution in [-0.4, -0.2) is 71.7 Å². The van der Waals surface area contributed by atoms with Crippen molar-refractivity contribution >= 4 is 57.5 Å². The lowest BCUT2D eigenvalue weighted by Crippen LogP contribution is -2.44. The lowest BCUT2D eigenvalue weighted by molar-refractivity contribution is -0.201. The highest BCUT2D eigenvalue weighted by molar-refractivity contribution is 6.37. The molecule has 1 amide bonds. The van der Waals surface area contributed by atoms with Crippen molar-refractivity contribution in [3.8, 4) is 22.4 Å². The predicted molar refractivity (Wildman–Crippen MR) is 157 cm³/mol. The third kappa shape index (κ3) is 6.18. The molecule has 0 bridgehead atoms. The van der Waals surface area contributed by atoms with Gasteiger partial charge >= 0.3 is 12.1 Å². The number of hydrogen-bond donors (Lipinski definition) is 2. The number of aromatic nitrogens is 2. The lowest BCUT2D eigenvalue weighted by Gasteiger charge is -2.34. The van der Waals surface area contributed by atoms with E-state index in [0.29, 0.717) is 27.2 Å². The molecule has 0 saturated carbocycles. The number of halogens is 5. The van der Waals surface area contributed by atoms with Crippen molar-refractivity contribution in [3.63, 3.8) is 0 Å². The number of esters is 1. The van der Waals surface area contributed by atoms with Gasteiger partial charge in [-0.1, -0.05) is 47.5 Å². The van der Waals surface area contributed by atoms with Crippen LogP contribution in [0.4, 0.5) is 24.5 Å². The monoisotopic (exact) mass is 619 g/mol. The summed E-state index contributed by atoms with van der Waals surface area (Å²) in [7, 11) is 2.11. The molecular formula is C29H26Cl2F3N5O3. The number of carbonyl (C=O) groups excluding carboxylic acids is 2. The van der Waals surface area contributed by atoms with E-state index in [1.54, 1.807) is 31.3 Å². The molecular weight excluding hydrogens is 594 g/mol. The Morgan fingerprint density at radius 2 is 1.71 bits per heavy atom. The number of H-pyrrole nitrogens is 1. The number of aryl methyl sites for hydroxylation is 1. The summed E-state index contributed by atoms with van der Waals surface area (Å²) < 4.78 is 41.7. The molecule has 13 heteroatoms. The van der Waals surface area contributed by atoms with Crippen LogP contribution in [0.1, 0.15) is 5.56 Å². The minimum atomic E-state index is -5.29. The summed E-state index contributed by atoms with van der Waals surface area (Å²) in [6.07, 6.45) is -3.69. The van der Waals surface area contributed by atoms with Crippen LogP contribution < -0.4 is 10.2 Å². The Labute approximate surface area is 249 Å². The molecule has 1 atom stereocenters. The molecule has 1 unspecified atom stereocenters. The van der Waals surface area contributed by atoms with E-state index in [4.69, 9.17) is 23.2 Å². The van der Waals surface area contributed by atoms with E-state index < -0.39 is 23.6 Å². The van der Waals surface area contributed by atoms with Gasteiger partial charge in [-0.15, -0.1) is 0 Å². The highest BCUT2D eigenvalue weighted by Gasteiger charge is 2.43. The Morgan fingerprint density at radius 1 is 1.05 bits per heavy atom. The zero-order chi connectivity index (χ0) is 30.2. The molecule has 0 spiro atoms. The summed E-state index contributed by atoms with van der Waals surface area (Å²) >= 11 is 12.3. The largest absolute Gasteiger partial charge is 0.490 e. The lowest BCUT2D eigenvalue weighted by atomic mass is 9.97. The zero-order valence-electron chi connectivity index (χ0n) is 22.6. The Kier molecular flexibility index (Phi) is 8.36. The van der Waals surface area contributed by atoms with Crippen LogP contribution >= 0.6 is 23.2 Å². The Hall–Kier alpha value is -3.80. The second kappa shape index (κ2) is 11.8. The van der Waals surface area contributed by atoms with Crippen molar-refractivity contribution in [2.24, 2.45) is 0 Å². The maximum Gasteiger partial charge on any atom is 0.490 e. The van der Waals surface area contributed by atoms with Gasteiger partial charge in [0, 0.05) is 54.7 Å². The van der Waals surface area contributed by atoms with Gasteiger partial charge in [0.25, 0.3) is 11.5 Å². The summed E-state index contributed by atoms with van der Waals surface area (Å²) in [5.74, 6) is -3.69. The van der Waals surface area contributed by atoms with Gasteiger partial charge in [0.05, 0.1) is 10.7 Å². The molecule has 220 valence electrons. The molecule has 0 aliphatic carbocycles. The molecule has 2 aromatic carbocycles. The Morgan fingerprint density at radius 3 is 2.38 bits per heavy atom. The first-order valence-corrected chi connectivity index (χ1v) is 13.8. The van der Waals surface area contributed by atoms with Crippen molar-refractivity contribution in [3.05, 3.63) is 65.3 Å². The molecule has 2 N–H and O–H groups in total. The standard InChI is InChI=1S/C29H26Cl2F3N5O3/c1-16-3-4-18(15-21(16)36-27(40)25(31)42-28(41)29(32,33)34)22-23-20(30)9-10-35-26(23)37-24(22)17-5-7-19(8-6-17)39-13-11-38(2)12-14-39/h3-10,15,25H,11-14H2,1-2H3,(H,35,37)(H,36,40). The van der Waals surface area contributed by atoms with E-state index in [1.165, 1.54) is 0 Å². The van der Waals surface area contributed by atoms with Crippen LogP contribution in [0, 0.1) is 6.92 Å². The van der Waals surface area contributed by atoms with Gasteiger partial charge < -0.3 is 24.8 Å². The van der Waals surface area contributed by atoms with Crippen LogP contribution in [0.3, 0.4) is 0 Å². The number of piperazine rings is 1. The van der Waals surface area contributed by atoms with E-state index in [0.717, 1.165) is 48.7 Å². The third-order valence-corrected chi connectivity index (χ3v) is 7.70. The number of hydrogen-bond acceptors (Lipinski definition) is 6. The molecule has 1 aliphatic heterocycles. The quantitative estimate of drug-likeness (QED) is 0.197. The predicted octanol–water partition coefficient (Wildman–Crippen LogP) is 6.22. The van der Waals surface area contributed by atoms with E-state index in [1.807, 2.05) is 18.2 Å². The number of fused-ring (bicyclic) bond motifs is 1. The molecule has 5 rings (SSSR count). The highest BCUT2D eigenvalue weighted by atomic mass is 35.5. The Balaban J connectivity index is 1.50. The van der Waals surface area contributed by atoms with Crippen molar-refractivity contribution in [1.29, 1.82) is 0 Å². The summed E-state index contributed by atoms with van der Waals surface area (Å²) in [6, 6.07) is 15.0. The number of aromatic amines is 1. The number of ether oxygens (including phenoxy) is 1. The summed E-state index contributed by atoms with van der Waals surface area (Å²) in [5.41, 5.74) is 3.32.